The number of benzene rings is 2. The summed E-state index contributed by atoms with van der Waals surface area (Å²) in [6.45, 7) is 1.88. The van der Waals surface area contributed by atoms with E-state index in [-0.39, 0.29) is 21.5 Å². The number of carbonyl (C=O) groups excluding carboxylic acids is 1. The third-order valence-corrected chi connectivity index (χ3v) is 6.89. The molecule has 28 heavy (non-hydrogen) atoms. The molecule has 0 saturated carbocycles. The molecule has 0 radical (unpaired) electrons. The maximum absolute atomic E-state index is 12.9. The monoisotopic (exact) mass is 460 g/mol. The highest BCUT2D eigenvalue weighted by Gasteiger charge is 2.24. The minimum absolute atomic E-state index is 0.0204. The molecule has 2 aromatic rings. The summed E-state index contributed by atoms with van der Waals surface area (Å²) in [5.74, 6) is -0.214. The molecule has 0 spiro atoms. The Bertz CT molecular complexity index is 993. The summed E-state index contributed by atoms with van der Waals surface area (Å²) in [7, 11) is -3.94. The normalized spacial score (nSPS) is 14.8. The number of hydrogen-bond donors (Lipinski definition) is 1. The van der Waals surface area contributed by atoms with Crippen LogP contribution in [0.5, 0.6) is 0 Å². The maximum Gasteiger partial charge on any atom is 0.261 e. The van der Waals surface area contributed by atoms with Crippen LogP contribution in [0.4, 0.5) is 5.69 Å². The van der Waals surface area contributed by atoms with Gasteiger partial charge in [-0.3, -0.25) is 9.52 Å². The predicted octanol–water partition coefficient (Wildman–Crippen LogP) is 3.99. The van der Waals surface area contributed by atoms with Crippen LogP contribution in [0.3, 0.4) is 0 Å². The van der Waals surface area contributed by atoms with Gasteiger partial charge in [-0.1, -0.05) is 23.2 Å². The standard InChI is InChI=1S/C18H18Cl2N2O4S2/c1-27-17-5-3-13(11-14(17)18(23)22-6-8-26-9-7-22)28(24,25)21-16-4-2-12(19)10-15(16)20/h2-5,10-11,21H,6-9H2,1H3. The van der Waals surface area contributed by atoms with E-state index in [1.54, 1.807) is 11.0 Å². The number of morpholine rings is 1. The molecule has 0 bridgehead atoms. The van der Waals surface area contributed by atoms with Crippen molar-refractivity contribution in [3.63, 3.8) is 0 Å². The van der Waals surface area contributed by atoms with Crippen molar-refractivity contribution >= 4 is 56.6 Å². The molecule has 2 aromatic carbocycles. The average Bonchev–Trinajstić information content (AvgIpc) is 2.69. The molecule has 0 aromatic heterocycles. The van der Waals surface area contributed by atoms with Crippen LogP contribution >= 0.6 is 35.0 Å². The zero-order valence-electron chi connectivity index (χ0n) is 14.9. The van der Waals surface area contributed by atoms with Gasteiger partial charge < -0.3 is 9.64 Å². The van der Waals surface area contributed by atoms with Gasteiger partial charge in [-0.2, -0.15) is 0 Å². The van der Waals surface area contributed by atoms with Gasteiger partial charge in [0.05, 0.1) is 34.4 Å². The quantitative estimate of drug-likeness (QED) is 0.682. The topological polar surface area (TPSA) is 75.7 Å². The number of amides is 1. The molecule has 10 heteroatoms. The summed E-state index contributed by atoms with van der Waals surface area (Å²) in [5.41, 5.74) is 0.556. The number of anilines is 1. The van der Waals surface area contributed by atoms with E-state index in [2.05, 4.69) is 4.72 Å². The summed E-state index contributed by atoms with van der Waals surface area (Å²) in [5, 5.41) is 0.581. The van der Waals surface area contributed by atoms with Crippen LogP contribution < -0.4 is 4.72 Å². The summed E-state index contributed by atoms with van der Waals surface area (Å²) in [4.78, 5) is 15.3. The Morgan fingerprint density at radius 1 is 1.14 bits per heavy atom. The van der Waals surface area contributed by atoms with Gasteiger partial charge in [0.25, 0.3) is 15.9 Å². The number of halogens is 2. The highest BCUT2D eigenvalue weighted by Crippen LogP contribution is 2.30. The fraction of sp³-hybridized carbons (Fsp3) is 0.278. The molecular formula is C18H18Cl2N2O4S2. The lowest BCUT2D eigenvalue weighted by Gasteiger charge is -2.27. The number of ether oxygens (including phenoxy) is 1. The zero-order valence-corrected chi connectivity index (χ0v) is 18.1. The number of sulfonamides is 1. The van der Waals surface area contributed by atoms with Crippen molar-refractivity contribution in [2.24, 2.45) is 0 Å². The minimum Gasteiger partial charge on any atom is -0.378 e. The van der Waals surface area contributed by atoms with Gasteiger partial charge in [-0.25, -0.2) is 8.42 Å². The molecular weight excluding hydrogens is 443 g/mol. The lowest BCUT2D eigenvalue weighted by Crippen LogP contribution is -2.40. The number of nitrogens with one attached hydrogen (secondary N) is 1. The van der Waals surface area contributed by atoms with Gasteiger partial charge in [0.2, 0.25) is 0 Å². The Hall–Kier alpha value is -1.45. The Kier molecular flexibility index (Phi) is 6.77. The van der Waals surface area contributed by atoms with Crippen molar-refractivity contribution in [1.82, 2.24) is 4.90 Å². The molecule has 1 N–H and O–H groups in total. The SMILES string of the molecule is CSc1ccc(S(=O)(=O)Nc2ccc(Cl)cc2Cl)cc1C(=O)N1CCOCC1. The van der Waals surface area contributed by atoms with Crippen molar-refractivity contribution in [2.45, 2.75) is 9.79 Å². The van der Waals surface area contributed by atoms with Gasteiger partial charge in [0, 0.05) is 23.0 Å². The van der Waals surface area contributed by atoms with Gasteiger partial charge >= 0.3 is 0 Å². The van der Waals surface area contributed by atoms with Gasteiger partial charge in [0.1, 0.15) is 0 Å². The van der Waals surface area contributed by atoms with Gasteiger partial charge in [-0.15, -0.1) is 11.8 Å². The largest absolute Gasteiger partial charge is 0.378 e. The Morgan fingerprint density at radius 2 is 1.86 bits per heavy atom. The number of hydrogen-bond acceptors (Lipinski definition) is 5. The minimum atomic E-state index is -3.94. The summed E-state index contributed by atoms with van der Waals surface area (Å²) in [6, 6.07) is 8.97. The van der Waals surface area contributed by atoms with E-state index in [0.29, 0.717) is 41.8 Å². The molecule has 1 heterocycles. The fourth-order valence-corrected chi connectivity index (χ4v) is 4.92. The zero-order chi connectivity index (χ0) is 20.3. The van der Waals surface area contributed by atoms with E-state index >= 15 is 0 Å². The highest BCUT2D eigenvalue weighted by molar-refractivity contribution is 7.98. The van der Waals surface area contributed by atoms with Crippen LogP contribution in [-0.2, 0) is 14.8 Å². The van der Waals surface area contributed by atoms with E-state index in [1.807, 2.05) is 6.26 Å². The van der Waals surface area contributed by atoms with Crippen LogP contribution in [0.1, 0.15) is 10.4 Å². The van der Waals surface area contributed by atoms with Crippen molar-refractivity contribution in [3.8, 4) is 0 Å². The summed E-state index contributed by atoms with van der Waals surface area (Å²) in [6.07, 6.45) is 1.84. The Morgan fingerprint density at radius 3 is 2.50 bits per heavy atom. The molecule has 1 amide bonds. The van der Waals surface area contributed by atoms with Crippen LogP contribution in [0.15, 0.2) is 46.2 Å². The number of rotatable bonds is 5. The summed E-state index contributed by atoms with van der Waals surface area (Å²) >= 11 is 13.3. The third-order valence-electron chi connectivity index (χ3n) is 4.19. The lowest BCUT2D eigenvalue weighted by molar-refractivity contribution is 0.0300. The summed E-state index contributed by atoms with van der Waals surface area (Å²) < 4.78 is 33.4. The first-order chi connectivity index (χ1) is 13.3. The molecule has 0 aliphatic carbocycles. The molecule has 1 aliphatic heterocycles. The smallest absolute Gasteiger partial charge is 0.261 e. The first-order valence-corrected chi connectivity index (χ1v) is 11.8. The van der Waals surface area contributed by atoms with E-state index in [0.717, 1.165) is 0 Å². The Labute approximate surface area is 178 Å². The molecule has 6 nitrogen and oxygen atoms in total. The van der Waals surface area contributed by atoms with Crippen LogP contribution in [0.2, 0.25) is 10.0 Å². The first kappa shape index (κ1) is 21.3. The molecule has 0 atom stereocenters. The van der Waals surface area contributed by atoms with Crippen molar-refractivity contribution in [3.05, 3.63) is 52.0 Å². The average molecular weight is 461 g/mol. The second-order valence-corrected chi connectivity index (χ2v) is 9.37. The van der Waals surface area contributed by atoms with E-state index < -0.39 is 10.0 Å². The van der Waals surface area contributed by atoms with E-state index in [4.69, 9.17) is 27.9 Å². The molecule has 1 aliphatic rings. The van der Waals surface area contributed by atoms with E-state index in [1.165, 1.54) is 42.1 Å². The van der Waals surface area contributed by atoms with Gasteiger partial charge in [0.15, 0.2) is 0 Å². The number of thioether (sulfide) groups is 1. The molecule has 1 saturated heterocycles. The Balaban J connectivity index is 1.94. The van der Waals surface area contributed by atoms with Crippen LogP contribution in [0.25, 0.3) is 0 Å². The predicted molar refractivity (Wildman–Crippen MR) is 112 cm³/mol. The maximum atomic E-state index is 12.9. The lowest BCUT2D eigenvalue weighted by atomic mass is 10.2. The van der Waals surface area contributed by atoms with Crippen molar-refractivity contribution in [1.29, 1.82) is 0 Å². The molecule has 0 unspecified atom stereocenters. The molecule has 3 rings (SSSR count). The second kappa shape index (κ2) is 8.92. The van der Waals surface area contributed by atoms with Crippen LogP contribution in [-0.4, -0.2) is 51.8 Å². The number of nitrogens with zero attached hydrogens (tertiary/aromatic N) is 1. The highest BCUT2D eigenvalue weighted by atomic mass is 35.5. The fourth-order valence-electron chi connectivity index (χ4n) is 2.73. The second-order valence-electron chi connectivity index (χ2n) is 6.00. The van der Waals surface area contributed by atoms with Gasteiger partial charge in [-0.05, 0) is 42.7 Å². The van der Waals surface area contributed by atoms with Crippen molar-refractivity contribution in [2.75, 3.05) is 37.3 Å². The number of carbonyl (C=O) groups is 1. The van der Waals surface area contributed by atoms with E-state index in [9.17, 15) is 13.2 Å². The van der Waals surface area contributed by atoms with Crippen molar-refractivity contribution < 1.29 is 17.9 Å². The molecule has 150 valence electrons. The third kappa shape index (κ3) is 4.75. The molecule has 1 fully saturated rings. The van der Waals surface area contributed by atoms with Crippen LogP contribution in [0, 0.1) is 0 Å². The first-order valence-electron chi connectivity index (χ1n) is 8.35.